The van der Waals surface area contributed by atoms with Crippen LogP contribution in [0.4, 0.5) is 0 Å². The Labute approximate surface area is 76.3 Å². The van der Waals surface area contributed by atoms with Crippen molar-refractivity contribution >= 4 is 11.9 Å². The van der Waals surface area contributed by atoms with Gasteiger partial charge in [0, 0.05) is 6.04 Å². The molecular formula is C9H13NO3. The molecular weight excluding hydrogens is 170 g/mol. The molecule has 0 aliphatic heterocycles. The van der Waals surface area contributed by atoms with Gasteiger partial charge in [-0.2, -0.15) is 0 Å². The molecule has 0 saturated heterocycles. The van der Waals surface area contributed by atoms with E-state index in [1.165, 1.54) is 12.8 Å². The van der Waals surface area contributed by atoms with Crippen LogP contribution in [0.3, 0.4) is 0 Å². The monoisotopic (exact) mass is 183 g/mol. The van der Waals surface area contributed by atoms with Gasteiger partial charge in [0.25, 0.3) is 0 Å². The number of hydrogen-bond acceptors (Lipinski definition) is 2. The van der Waals surface area contributed by atoms with Gasteiger partial charge >= 0.3 is 11.9 Å². The van der Waals surface area contributed by atoms with Crippen molar-refractivity contribution in [2.45, 2.75) is 31.7 Å². The maximum absolute atomic E-state index is 10.9. The van der Waals surface area contributed by atoms with Crippen molar-refractivity contribution in [3.63, 3.8) is 0 Å². The first-order valence-electron chi connectivity index (χ1n) is 4.70. The molecule has 2 N–H and O–H groups in total. The van der Waals surface area contributed by atoms with E-state index < -0.39 is 11.9 Å². The molecule has 0 aromatic carbocycles. The molecule has 0 spiro atoms. The van der Waals surface area contributed by atoms with E-state index in [0.29, 0.717) is 5.92 Å². The lowest BCUT2D eigenvalue weighted by atomic mass is 9.95. The summed E-state index contributed by atoms with van der Waals surface area (Å²) >= 11 is 0. The predicted octanol–water partition coefficient (Wildman–Crippen LogP) is 0.376. The van der Waals surface area contributed by atoms with Gasteiger partial charge in [-0.25, -0.2) is 4.79 Å². The third-order valence-electron chi connectivity index (χ3n) is 3.25. The van der Waals surface area contributed by atoms with E-state index in [4.69, 9.17) is 5.11 Å². The molecule has 2 aliphatic carbocycles. The predicted molar refractivity (Wildman–Crippen MR) is 45.0 cm³/mol. The second kappa shape index (κ2) is 3.01. The fourth-order valence-corrected chi connectivity index (χ4v) is 2.65. The molecule has 13 heavy (non-hydrogen) atoms. The number of hydrogen-bond donors (Lipinski definition) is 2. The van der Waals surface area contributed by atoms with Crippen LogP contribution in [-0.4, -0.2) is 23.0 Å². The molecule has 0 radical (unpaired) electrons. The summed E-state index contributed by atoms with van der Waals surface area (Å²) in [5.41, 5.74) is 0. The van der Waals surface area contributed by atoms with Gasteiger partial charge < -0.3 is 10.4 Å². The van der Waals surface area contributed by atoms with Crippen LogP contribution in [0.15, 0.2) is 0 Å². The maximum atomic E-state index is 10.9. The maximum Gasteiger partial charge on any atom is 0.394 e. The summed E-state index contributed by atoms with van der Waals surface area (Å²) < 4.78 is 0. The summed E-state index contributed by atoms with van der Waals surface area (Å²) in [6.45, 7) is 0. The molecule has 2 saturated carbocycles. The third-order valence-corrected chi connectivity index (χ3v) is 3.25. The van der Waals surface area contributed by atoms with Gasteiger partial charge in [-0.1, -0.05) is 6.42 Å². The molecule has 0 heterocycles. The summed E-state index contributed by atoms with van der Waals surface area (Å²) in [4.78, 5) is 21.1. The zero-order valence-corrected chi connectivity index (χ0v) is 7.32. The van der Waals surface area contributed by atoms with Crippen LogP contribution in [0.5, 0.6) is 0 Å². The summed E-state index contributed by atoms with van der Waals surface area (Å²) in [5.74, 6) is -0.960. The minimum Gasteiger partial charge on any atom is -0.474 e. The van der Waals surface area contributed by atoms with E-state index in [2.05, 4.69) is 5.32 Å². The molecule has 0 aromatic heterocycles. The second-order valence-corrected chi connectivity index (χ2v) is 4.06. The number of nitrogens with one attached hydrogen (secondary N) is 1. The Morgan fingerprint density at radius 2 is 2.00 bits per heavy atom. The second-order valence-electron chi connectivity index (χ2n) is 4.06. The number of aliphatic carboxylic acids is 1. The quantitative estimate of drug-likeness (QED) is 0.577. The van der Waals surface area contributed by atoms with E-state index >= 15 is 0 Å². The fraction of sp³-hybridized carbons (Fsp3) is 0.778. The average Bonchev–Trinajstić information content (AvgIpc) is 2.64. The SMILES string of the molecule is O=C(O)C(=O)NC1CC2CCC1C2. The minimum atomic E-state index is -1.37. The van der Waals surface area contributed by atoms with Crippen LogP contribution < -0.4 is 5.32 Å². The van der Waals surface area contributed by atoms with Gasteiger partial charge in [0.05, 0.1) is 0 Å². The Morgan fingerprint density at radius 3 is 2.46 bits per heavy atom. The van der Waals surface area contributed by atoms with E-state index in [1.54, 1.807) is 0 Å². The lowest BCUT2D eigenvalue weighted by Crippen LogP contribution is -2.41. The Kier molecular flexibility index (Phi) is 1.98. The van der Waals surface area contributed by atoms with Gasteiger partial charge in [-0.3, -0.25) is 4.79 Å². The van der Waals surface area contributed by atoms with E-state index in [0.717, 1.165) is 18.8 Å². The fourth-order valence-electron chi connectivity index (χ4n) is 2.65. The zero-order chi connectivity index (χ0) is 9.42. The topological polar surface area (TPSA) is 66.4 Å². The molecule has 3 unspecified atom stereocenters. The van der Waals surface area contributed by atoms with E-state index in [1.807, 2.05) is 0 Å². The van der Waals surface area contributed by atoms with Crippen molar-refractivity contribution in [1.82, 2.24) is 5.32 Å². The number of rotatable bonds is 1. The number of amides is 1. The Balaban J connectivity index is 1.90. The Hall–Kier alpha value is -1.06. The summed E-state index contributed by atoms with van der Waals surface area (Å²) in [5, 5.41) is 11.0. The molecule has 72 valence electrons. The molecule has 2 bridgehead atoms. The lowest BCUT2D eigenvalue weighted by Gasteiger charge is -2.21. The number of carboxylic acids is 1. The number of carboxylic acid groups (broad SMARTS) is 1. The molecule has 0 aromatic rings. The zero-order valence-electron chi connectivity index (χ0n) is 7.32. The van der Waals surface area contributed by atoms with Crippen LogP contribution in [-0.2, 0) is 9.59 Å². The molecule has 2 rings (SSSR count). The first kappa shape index (κ1) is 8.53. The first-order chi connectivity index (χ1) is 6.16. The molecule has 3 atom stereocenters. The van der Waals surface area contributed by atoms with Crippen LogP contribution >= 0.6 is 0 Å². The summed E-state index contributed by atoms with van der Waals surface area (Å²) in [6.07, 6.45) is 4.55. The largest absolute Gasteiger partial charge is 0.474 e. The van der Waals surface area contributed by atoms with Gasteiger partial charge in [-0.05, 0) is 31.1 Å². The van der Waals surface area contributed by atoms with Crippen LogP contribution in [0.2, 0.25) is 0 Å². The van der Waals surface area contributed by atoms with Crippen LogP contribution in [0, 0.1) is 11.8 Å². The van der Waals surface area contributed by atoms with E-state index in [-0.39, 0.29) is 6.04 Å². The Morgan fingerprint density at radius 1 is 1.23 bits per heavy atom. The molecule has 1 amide bonds. The summed E-state index contributed by atoms with van der Waals surface area (Å²) in [7, 11) is 0. The van der Waals surface area contributed by atoms with Crippen LogP contribution in [0.1, 0.15) is 25.7 Å². The molecule has 4 nitrogen and oxygen atoms in total. The van der Waals surface area contributed by atoms with Crippen molar-refractivity contribution in [1.29, 1.82) is 0 Å². The van der Waals surface area contributed by atoms with Gasteiger partial charge in [0.1, 0.15) is 0 Å². The third kappa shape index (κ3) is 1.53. The van der Waals surface area contributed by atoms with Crippen molar-refractivity contribution in [2.75, 3.05) is 0 Å². The standard InChI is InChI=1S/C9H13NO3/c11-8(9(12)13)10-7-4-5-1-2-6(7)3-5/h5-7H,1-4H2,(H,10,11)(H,12,13). The summed E-state index contributed by atoms with van der Waals surface area (Å²) in [6, 6.07) is 0.127. The minimum absolute atomic E-state index is 0.127. The van der Waals surface area contributed by atoms with Gasteiger partial charge in [0.2, 0.25) is 0 Å². The smallest absolute Gasteiger partial charge is 0.394 e. The average molecular weight is 183 g/mol. The molecule has 2 fully saturated rings. The number of carbonyl (C=O) groups excluding carboxylic acids is 1. The normalized spacial score (nSPS) is 36.2. The van der Waals surface area contributed by atoms with Gasteiger partial charge in [-0.15, -0.1) is 0 Å². The van der Waals surface area contributed by atoms with Crippen molar-refractivity contribution in [2.24, 2.45) is 11.8 Å². The molecule has 4 heteroatoms. The van der Waals surface area contributed by atoms with Crippen molar-refractivity contribution in [3.8, 4) is 0 Å². The first-order valence-corrected chi connectivity index (χ1v) is 4.70. The van der Waals surface area contributed by atoms with Crippen molar-refractivity contribution in [3.05, 3.63) is 0 Å². The van der Waals surface area contributed by atoms with Crippen molar-refractivity contribution < 1.29 is 14.7 Å². The van der Waals surface area contributed by atoms with Gasteiger partial charge in [0.15, 0.2) is 0 Å². The number of fused-ring (bicyclic) bond motifs is 2. The van der Waals surface area contributed by atoms with E-state index in [9.17, 15) is 9.59 Å². The highest BCUT2D eigenvalue weighted by atomic mass is 16.4. The van der Waals surface area contributed by atoms with Crippen LogP contribution in [0.25, 0.3) is 0 Å². The highest BCUT2D eigenvalue weighted by Gasteiger charge is 2.40. The lowest BCUT2D eigenvalue weighted by molar-refractivity contribution is -0.150. The highest BCUT2D eigenvalue weighted by Crippen LogP contribution is 2.44. The highest BCUT2D eigenvalue weighted by molar-refractivity contribution is 6.31. The number of carbonyl (C=O) groups is 2. The Bertz CT molecular complexity index is 251. The molecule has 2 aliphatic rings.